The lowest BCUT2D eigenvalue weighted by Gasteiger charge is -2.12. The predicted octanol–water partition coefficient (Wildman–Crippen LogP) is 3.56. The van der Waals surface area contributed by atoms with Crippen LogP contribution < -0.4 is 5.73 Å². The lowest BCUT2D eigenvalue weighted by Crippen LogP contribution is -2.14. The molecule has 0 spiro atoms. The van der Waals surface area contributed by atoms with Gasteiger partial charge in [-0.15, -0.1) is 0 Å². The lowest BCUT2D eigenvalue weighted by atomic mass is 10.0. The summed E-state index contributed by atoms with van der Waals surface area (Å²) in [6.45, 7) is 0. The minimum absolute atomic E-state index is 0.366. The van der Waals surface area contributed by atoms with Gasteiger partial charge in [-0.05, 0) is 29.8 Å². The van der Waals surface area contributed by atoms with E-state index in [1.165, 1.54) is 12.1 Å². The van der Waals surface area contributed by atoms with Gasteiger partial charge in [-0.2, -0.15) is 0 Å². The first-order valence-electron chi connectivity index (χ1n) is 6.21. The van der Waals surface area contributed by atoms with Crippen molar-refractivity contribution in [3.05, 3.63) is 77.5 Å². The third kappa shape index (κ3) is 2.38. The number of fused-ring (bicyclic) bond motifs is 1. The number of hydrogen-bond donors (Lipinski definition) is 1. The van der Waals surface area contributed by atoms with Crippen molar-refractivity contribution >= 4 is 10.9 Å². The Morgan fingerprint density at radius 2 is 1.60 bits per heavy atom. The van der Waals surface area contributed by atoms with Crippen molar-refractivity contribution in [1.29, 1.82) is 0 Å². The van der Waals surface area contributed by atoms with Crippen LogP contribution in [-0.2, 0) is 0 Å². The quantitative estimate of drug-likeness (QED) is 0.773. The summed E-state index contributed by atoms with van der Waals surface area (Å²) in [5.41, 5.74) is 7.80. The first-order chi connectivity index (χ1) is 9.63. The molecule has 2 N–H and O–H groups in total. The van der Waals surface area contributed by atoms with Crippen molar-refractivity contribution in [2.45, 2.75) is 6.04 Å². The molecular weight excluding hydrogens is 258 g/mol. The van der Waals surface area contributed by atoms with Crippen LogP contribution in [0.25, 0.3) is 10.9 Å². The number of aromatic nitrogens is 1. The van der Waals surface area contributed by atoms with E-state index < -0.39 is 17.7 Å². The Morgan fingerprint density at radius 1 is 0.900 bits per heavy atom. The average molecular weight is 270 g/mol. The fourth-order valence-electron chi connectivity index (χ4n) is 2.18. The predicted molar refractivity (Wildman–Crippen MR) is 74.1 cm³/mol. The van der Waals surface area contributed by atoms with Crippen LogP contribution in [0.2, 0.25) is 0 Å². The number of para-hydroxylation sites is 1. The molecule has 1 atom stereocenters. The van der Waals surface area contributed by atoms with Crippen LogP contribution >= 0.6 is 0 Å². The smallest absolute Gasteiger partial charge is 0.126 e. The van der Waals surface area contributed by atoms with E-state index >= 15 is 0 Å². The van der Waals surface area contributed by atoms with Gasteiger partial charge in [-0.1, -0.05) is 24.3 Å². The minimum Gasteiger partial charge on any atom is -0.319 e. The van der Waals surface area contributed by atoms with E-state index in [1.54, 1.807) is 6.07 Å². The van der Waals surface area contributed by atoms with Gasteiger partial charge in [-0.3, -0.25) is 4.98 Å². The molecule has 1 unspecified atom stereocenters. The highest BCUT2D eigenvalue weighted by Crippen LogP contribution is 2.22. The van der Waals surface area contributed by atoms with Crippen LogP contribution in [0.5, 0.6) is 0 Å². The number of hydrogen-bond acceptors (Lipinski definition) is 2. The summed E-state index contributed by atoms with van der Waals surface area (Å²) in [4.78, 5) is 4.44. The molecule has 2 aromatic carbocycles. The molecule has 0 radical (unpaired) electrons. The lowest BCUT2D eigenvalue weighted by molar-refractivity contribution is 0.577. The Kier molecular flexibility index (Phi) is 3.16. The molecule has 0 aliphatic carbocycles. The standard InChI is InChI=1S/C16H12F2N2/c17-12-7-11(8-13(18)9-12)16(19)15-6-5-10-3-1-2-4-14(10)20-15/h1-9,16H,19H2. The first-order valence-corrected chi connectivity index (χ1v) is 6.21. The normalized spacial score (nSPS) is 12.6. The van der Waals surface area contributed by atoms with E-state index in [2.05, 4.69) is 4.98 Å². The Labute approximate surface area is 114 Å². The fraction of sp³-hybridized carbons (Fsp3) is 0.0625. The third-order valence-electron chi connectivity index (χ3n) is 3.18. The molecule has 3 rings (SSSR count). The molecule has 0 aliphatic heterocycles. The summed E-state index contributed by atoms with van der Waals surface area (Å²) < 4.78 is 26.5. The van der Waals surface area contributed by atoms with Gasteiger partial charge in [0.2, 0.25) is 0 Å². The van der Waals surface area contributed by atoms with E-state index in [0.29, 0.717) is 11.3 Å². The van der Waals surface area contributed by atoms with Gasteiger partial charge in [0.05, 0.1) is 17.3 Å². The van der Waals surface area contributed by atoms with E-state index in [0.717, 1.165) is 17.0 Å². The molecule has 1 heterocycles. The van der Waals surface area contributed by atoms with Crippen LogP contribution in [0.4, 0.5) is 8.78 Å². The third-order valence-corrected chi connectivity index (χ3v) is 3.18. The second-order valence-corrected chi connectivity index (χ2v) is 4.61. The van der Waals surface area contributed by atoms with Crippen LogP contribution in [0.3, 0.4) is 0 Å². The first kappa shape index (κ1) is 12.7. The minimum atomic E-state index is -0.662. The van der Waals surface area contributed by atoms with E-state index in [9.17, 15) is 8.78 Å². The summed E-state index contributed by atoms with van der Waals surface area (Å²) in [5.74, 6) is -1.28. The molecule has 0 saturated carbocycles. The number of benzene rings is 2. The van der Waals surface area contributed by atoms with Crippen molar-refractivity contribution in [2.75, 3.05) is 0 Å². The number of halogens is 2. The van der Waals surface area contributed by atoms with Gasteiger partial charge in [-0.25, -0.2) is 8.78 Å². The molecule has 0 saturated heterocycles. The summed E-state index contributed by atoms with van der Waals surface area (Å²) in [5, 5.41) is 0.994. The SMILES string of the molecule is NC(c1cc(F)cc(F)c1)c1ccc2ccccc2n1. The Hall–Kier alpha value is -2.33. The highest BCUT2D eigenvalue weighted by molar-refractivity contribution is 5.78. The Bertz CT molecular complexity index is 751. The highest BCUT2D eigenvalue weighted by Gasteiger charge is 2.13. The highest BCUT2D eigenvalue weighted by atomic mass is 19.1. The van der Waals surface area contributed by atoms with Crippen molar-refractivity contribution < 1.29 is 8.78 Å². The molecule has 1 aromatic heterocycles. The Balaban J connectivity index is 2.05. The molecular formula is C16H12F2N2. The number of pyridine rings is 1. The molecule has 4 heteroatoms. The number of nitrogens with zero attached hydrogens (tertiary/aromatic N) is 1. The van der Waals surface area contributed by atoms with Gasteiger partial charge in [0.25, 0.3) is 0 Å². The zero-order valence-corrected chi connectivity index (χ0v) is 10.6. The molecule has 0 fully saturated rings. The maximum absolute atomic E-state index is 13.2. The van der Waals surface area contributed by atoms with E-state index in [1.807, 2.05) is 30.3 Å². The van der Waals surface area contributed by atoms with Crippen molar-refractivity contribution in [1.82, 2.24) is 4.98 Å². The van der Waals surface area contributed by atoms with E-state index in [4.69, 9.17) is 5.73 Å². The molecule has 100 valence electrons. The largest absolute Gasteiger partial charge is 0.319 e. The van der Waals surface area contributed by atoms with Gasteiger partial charge in [0, 0.05) is 11.5 Å². The topological polar surface area (TPSA) is 38.9 Å². The maximum Gasteiger partial charge on any atom is 0.126 e. The van der Waals surface area contributed by atoms with E-state index in [-0.39, 0.29) is 0 Å². The second kappa shape index (κ2) is 4.98. The van der Waals surface area contributed by atoms with Crippen molar-refractivity contribution in [2.24, 2.45) is 5.73 Å². The zero-order valence-electron chi connectivity index (χ0n) is 10.6. The molecule has 3 aromatic rings. The van der Waals surface area contributed by atoms with Crippen LogP contribution in [0.15, 0.2) is 54.6 Å². The summed E-state index contributed by atoms with van der Waals surface area (Å²) in [6.07, 6.45) is 0. The van der Waals surface area contributed by atoms with Gasteiger partial charge in [0.1, 0.15) is 11.6 Å². The second-order valence-electron chi connectivity index (χ2n) is 4.61. The molecule has 20 heavy (non-hydrogen) atoms. The van der Waals surface area contributed by atoms with Crippen LogP contribution in [-0.4, -0.2) is 4.98 Å². The number of rotatable bonds is 2. The monoisotopic (exact) mass is 270 g/mol. The summed E-state index contributed by atoms with van der Waals surface area (Å²) >= 11 is 0. The van der Waals surface area contributed by atoms with Gasteiger partial charge in [0.15, 0.2) is 0 Å². The summed E-state index contributed by atoms with van der Waals surface area (Å²) in [6, 6.07) is 13.9. The molecule has 2 nitrogen and oxygen atoms in total. The number of nitrogens with two attached hydrogens (primary N) is 1. The van der Waals surface area contributed by atoms with Crippen molar-refractivity contribution in [3.8, 4) is 0 Å². The zero-order chi connectivity index (χ0) is 14.1. The summed E-state index contributed by atoms with van der Waals surface area (Å²) in [7, 11) is 0. The van der Waals surface area contributed by atoms with Crippen LogP contribution in [0.1, 0.15) is 17.3 Å². The van der Waals surface area contributed by atoms with Gasteiger partial charge < -0.3 is 5.73 Å². The van der Waals surface area contributed by atoms with Gasteiger partial charge >= 0.3 is 0 Å². The Morgan fingerprint density at radius 3 is 2.35 bits per heavy atom. The van der Waals surface area contributed by atoms with Crippen LogP contribution in [0, 0.1) is 11.6 Å². The molecule has 0 bridgehead atoms. The average Bonchev–Trinajstić information content (AvgIpc) is 2.45. The molecule has 0 aliphatic rings. The van der Waals surface area contributed by atoms with Crippen molar-refractivity contribution in [3.63, 3.8) is 0 Å². The maximum atomic E-state index is 13.2. The fourth-order valence-corrected chi connectivity index (χ4v) is 2.18. The molecule has 0 amide bonds.